The van der Waals surface area contributed by atoms with E-state index in [1.54, 1.807) is 0 Å². The van der Waals surface area contributed by atoms with Crippen LogP contribution in [0.4, 0.5) is 18.0 Å². The maximum atomic E-state index is 14.3. The van der Waals surface area contributed by atoms with Crippen LogP contribution in [0.25, 0.3) is 11.1 Å². The molecule has 1 heterocycles. The smallest absolute Gasteiger partial charge is 0.407 e. The van der Waals surface area contributed by atoms with Crippen LogP contribution in [0.3, 0.4) is 0 Å². The molecule has 2 aromatic rings. The van der Waals surface area contributed by atoms with Gasteiger partial charge >= 0.3 is 12.1 Å². The van der Waals surface area contributed by atoms with Crippen molar-refractivity contribution in [1.29, 1.82) is 0 Å². The maximum absolute atomic E-state index is 14.3. The van der Waals surface area contributed by atoms with E-state index in [9.17, 15) is 27.9 Å². The number of ether oxygens (including phenoxy) is 1. The number of hydrogen-bond donors (Lipinski definition) is 2. The van der Waals surface area contributed by atoms with Gasteiger partial charge in [-0.15, -0.1) is 0 Å². The van der Waals surface area contributed by atoms with Crippen molar-refractivity contribution in [2.45, 2.75) is 25.8 Å². The van der Waals surface area contributed by atoms with Crippen molar-refractivity contribution in [3.63, 3.8) is 0 Å². The molecular weight excluding hydrogens is 391 g/mol. The number of hydrogen-bond acceptors (Lipinski definition) is 3. The highest BCUT2D eigenvalue weighted by Crippen LogP contribution is 2.38. The van der Waals surface area contributed by atoms with Gasteiger partial charge in [0.2, 0.25) is 0 Å². The number of benzene rings is 2. The average Bonchev–Trinajstić information content (AvgIpc) is 2.66. The number of alkyl halides is 2. The molecule has 9 heteroatoms. The van der Waals surface area contributed by atoms with E-state index in [0.29, 0.717) is 27.8 Å². The lowest BCUT2D eigenvalue weighted by Crippen LogP contribution is -2.35. The molecule has 0 bridgehead atoms. The second-order valence-corrected chi connectivity index (χ2v) is 6.61. The third kappa shape index (κ3) is 4.61. The van der Waals surface area contributed by atoms with Crippen molar-refractivity contribution >= 4 is 12.1 Å². The highest BCUT2D eigenvalue weighted by Gasteiger charge is 2.26. The molecule has 0 saturated heterocycles. The molecule has 0 atom stereocenters. The van der Waals surface area contributed by atoms with E-state index in [4.69, 9.17) is 9.84 Å². The Morgan fingerprint density at radius 2 is 1.86 bits per heavy atom. The normalized spacial score (nSPS) is 13.3. The fourth-order valence-electron chi connectivity index (χ4n) is 3.40. The van der Waals surface area contributed by atoms with E-state index in [1.807, 2.05) is 0 Å². The number of carboxylic acids is 1. The molecule has 29 heavy (non-hydrogen) atoms. The van der Waals surface area contributed by atoms with Gasteiger partial charge in [0.05, 0.1) is 6.42 Å². The zero-order chi connectivity index (χ0) is 21.1. The standard InChI is InChI=1S/C20H18F3NO5/c21-16-3-2-12(15-9-24(20(27)28)6-5-13(15)16)14-7-11(8-19(25)26)1-4-17(14)29-10-18(22)23/h1-4,7,18H,5-6,8-10H2,(H,25,26)(H,27,28). The van der Waals surface area contributed by atoms with Gasteiger partial charge in [0.25, 0.3) is 6.43 Å². The van der Waals surface area contributed by atoms with Gasteiger partial charge in [-0.25, -0.2) is 18.0 Å². The molecule has 1 amide bonds. The summed E-state index contributed by atoms with van der Waals surface area (Å²) < 4.78 is 44.8. The highest BCUT2D eigenvalue weighted by molar-refractivity contribution is 5.78. The summed E-state index contributed by atoms with van der Waals surface area (Å²) in [4.78, 5) is 23.6. The summed E-state index contributed by atoms with van der Waals surface area (Å²) in [6.45, 7) is -0.804. The van der Waals surface area contributed by atoms with Crippen LogP contribution in [0, 0.1) is 5.82 Å². The Bertz CT molecular complexity index is 948. The number of halogens is 3. The molecule has 154 valence electrons. The van der Waals surface area contributed by atoms with E-state index in [-0.39, 0.29) is 31.7 Å². The Morgan fingerprint density at radius 3 is 2.52 bits per heavy atom. The van der Waals surface area contributed by atoms with Crippen molar-refractivity contribution in [1.82, 2.24) is 4.90 Å². The summed E-state index contributed by atoms with van der Waals surface area (Å²) in [7, 11) is 0. The van der Waals surface area contributed by atoms with Crippen LogP contribution in [0.1, 0.15) is 16.7 Å². The predicted molar refractivity (Wildman–Crippen MR) is 96.8 cm³/mol. The lowest BCUT2D eigenvalue weighted by Gasteiger charge is -2.29. The quantitative estimate of drug-likeness (QED) is 0.758. The molecule has 3 rings (SSSR count). The Hall–Kier alpha value is -3.23. The van der Waals surface area contributed by atoms with Gasteiger partial charge in [-0.05, 0) is 46.9 Å². The van der Waals surface area contributed by atoms with Crippen molar-refractivity contribution in [3.8, 4) is 16.9 Å². The van der Waals surface area contributed by atoms with Crippen LogP contribution < -0.4 is 4.74 Å². The summed E-state index contributed by atoms with van der Waals surface area (Å²) in [5.74, 6) is -1.47. The Morgan fingerprint density at radius 1 is 1.10 bits per heavy atom. The van der Waals surface area contributed by atoms with Crippen LogP contribution in [-0.4, -0.2) is 46.8 Å². The van der Waals surface area contributed by atoms with E-state index in [1.165, 1.54) is 30.3 Å². The molecule has 0 unspecified atom stereocenters. The number of carboxylic acid groups (broad SMARTS) is 2. The van der Waals surface area contributed by atoms with Crippen molar-refractivity contribution in [3.05, 3.63) is 52.8 Å². The second kappa shape index (κ2) is 8.42. The van der Waals surface area contributed by atoms with Crippen molar-refractivity contribution in [2.24, 2.45) is 0 Å². The third-order valence-electron chi connectivity index (χ3n) is 4.68. The molecular formula is C20H18F3NO5. The van der Waals surface area contributed by atoms with Crippen molar-refractivity contribution < 1.29 is 37.7 Å². The zero-order valence-electron chi connectivity index (χ0n) is 15.2. The molecule has 0 spiro atoms. The first-order valence-corrected chi connectivity index (χ1v) is 8.80. The summed E-state index contributed by atoms with van der Waals surface area (Å²) in [5.41, 5.74) is 1.90. The van der Waals surface area contributed by atoms with E-state index >= 15 is 0 Å². The molecule has 0 saturated carbocycles. The molecule has 6 nitrogen and oxygen atoms in total. The zero-order valence-corrected chi connectivity index (χ0v) is 15.2. The summed E-state index contributed by atoms with van der Waals surface area (Å²) in [6, 6.07) is 6.99. The molecule has 1 aliphatic rings. The number of rotatable bonds is 6. The first-order valence-electron chi connectivity index (χ1n) is 8.80. The molecule has 0 aliphatic carbocycles. The minimum atomic E-state index is -2.72. The Kier molecular flexibility index (Phi) is 5.95. The van der Waals surface area contributed by atoms with Crippen molar-refractivity contribution in [2.75, 3.05) is 13.2 Å². The summed E-state index contributed by atoms with van der Waals surface area (Å²) in [6.07, 6.45) is -4.00. The largest absolute Gasteiger partial charge is 0.487 e. The van der Waals surface area contributed by atoms with Crippen LogP contribution >= 0.6 is 0 Å². The topological polar surface area (TPSA) is 87.1 Å². The molecule has 0 aromatic heterocycles. The van der Waals surface area contributed by atoms with Crippen LogP contribution in [-0.2, 0) is 24.2 Å². The monoisotopic (exact) mass is 409 g/mol. The summed E-state index contributed by atoms with van der Waals surface area (Å²) in [5, 5.41) is 18.3. The minimum Gasteiger partial charge on any atom is -0.487 e. The van der Waals surface area contributed by atoms with E-state index in [0.717, 1.165) is 4.90 Å². The fourth-order valence-corrected chi connectivity index (χ4v) is 3.40. The fraction of sp³-hybridized carbons (Fsp3) is 0.300. The number of aliphatic carboxylic acids is 1. The average molecular weight is 409 g/mol. The van der Waals surface area contributed by atoms with Gasteiger partial charge in [0.15, 0.2) is 0 Å². The molecule has 2 N–H and O–H groups in total. The van der Waals surface area contributed by atoms with E-state index < -0.39 is 30.9 Å². The number of amides is 1. The first-order chi connectivity index (χ1) is 13.8. The van der Waals surface area contributed by atoms with Gasteiger partial charge in [0.1, 0.15) is 18.2 Å². The highest BCUT2D eigenvalue weighted by atomic mass is 19.3. The Balaban J connectivity index is 2.13. The molecule has 1 aliphatic heterocycles. The number of fused-ring (bicyclic) bond motifs is 1. The number of nitrogens with zero attached hydrogens (tertiary/aromatic N) is 1. The maximum Gasteiger partial charge on any atom is 0.407 e. The lowest BCUT2D eigenvalue weighted by atomic mass is 9.89. The van der Waals surface area contributed by atoms with Crippen LogP contribution in [0.2, 0.25) is 0 Å². The van der Waals surface area contributed by atoms with Gasteiger partial charge in [-0.3, -0.25) is 4.79 Å². The third-order valence-corrected chi connectivity index (χ3v) is 4.68. The molecule has 2 aromatic carbocycles. The van der Waals surface area contributed by atoms with Gasteiger partial charge in [-0.1, -0.05) is 12.1 Å². The van der Waals surface area contributed by atoms with Gasteiger partial charge < -0.3 is 19.8 Å². The molecule has 0 fully saturated rings. The van der Waals surface area contributed by atoms with Crippen LogP contribution in [0.5, 0.6) is 5.75 Å². The van der Waals surface area contributed by atoms with Crippen LogP contribution in [0.15, 0.2) is 30.3 Å². The molecule has 0 radical (unpaired) electrons. The second-order valence-electron chi connectivity index (χ2n) is 6.61. The minimum absolute atomic E-state index is 0.0742. The number of carbonyl (C=O) groups is 2. The van der Waals surface area contributed by atoms with Gasteiger partial charge in [0, 0.05) is 18.7 Å². The Labute approximate surface area is 164 Å². The SMILES string of the molecule is O=C(O)Cc1ccc(OCC(F)F)c(-c2ccc(F)c3c2CN(C(=O)O)CC3)c1. The van der Waals surface area contributed by atoms with E-state index in [2.05, 4.69) is 0 Å². The predicted octanol–water partition coefficient (Wildman–Crippen LogP) is 3.80. The summed E-state index contributed by atoms with van der Waals surface area (Å²) >= 11 is 0. The lowest BCUT2D eigenvalue weighted by molar-refractivity contribution is -0.136. The van der Waals surface area contributed by atoms with Gasteiger partial charge in [-0.2, -0.15) is 0 Å². The first kappa shape index (κ1) is 20.5.